The quantitative estimate of drug-likeness (QED) is 0.759. The highest BCUT2D eigenvalue weighted by Crippen LogP contribution is 2.17. The van der Waals surface area contributed by atoms with E-state index in [1.807, 2.05) is 55.5 Å². The second kappa shape index (κ2) is 6.30. The van der Waals surface area contributed by atoms with Crippen molar-refractivity contribution in [2.45, 2.75) is 13.3 Å². The predicted octanol–water partition coefficient (Wildman–Crippen LogP) is 3.28. The Labute approximate surface area is 128 Å². The lowest BCUT2D eigenvalue weighted by Crippen LogP contribution is -2.15. The van der Waals surface area contributed by atoms with Gasteiger partial charge in [-0.05, 0) is 37.3 Å². The maximum atomic E-state index is 11.9. The number of benzene rings is 2. The number of imidazole rings is 1. The van der Waals surface area contributed by atoms with Gasteiger partial charge in [-0.15, -0.1) is 0 Å². The van der Waals surface area contributed by atoms with Gasteiger partial charge in [0.15, 0.2) is 0 Å². The third-order valence-electron chi connectivity index (χ3n) is 3.23. The summed E-state index contributed by atoms with van der Waals surface area (Å²) in [6, 6.07) is 15.1. The van der Waals surface area contributed by atoms with Gasteiger partial charge >= 0.3 is 0 Å². The average Bonchev–Trinajstić information content (AvgIpc) is 2.87. The number of H-pyrrole nitrogens is 1. The molecule has 0 aliphatic heterocycles. The molecule has 1 aromatic heterocycles. The fraction of sp³-hybridized carbons (Fsp3) is 0.176. The Hall–Kier alpha value is -2.82. The van der Waals surface area contributed by atoms with E-state index >= 15 is 0 Å². The molecule has 0 atom stereocenters. The van der Waals surface area contributed by atoms with Gasteiger partial charge in [0.05, 0.1) is 24.1 Å². The van der Waals surface area contributed by atoms with E-state index in [1.165, 1.54) is 0 Å². The number of anilines is 1. The zero-order valence-corrected chi connectivity index (χ0v) is 12.3. The normalized spacial score (nSPS) is 10.6. The monoisotopic (exact) mass is 295 g/mol. The number of rotatable bonds is 5. The zero-order valence-electron chi connectivity index (χ0n) is 12.3. The van der Waals surface area contributed by atoms with Crippen molar-refractivity contribution in [2.75, 3.05) is 11.9 Å². The molecule has 3 aromatic rings. The molecule has 112 valence electrons. The minimum Gasteiger partial charge on any atom is -0.493 e. The van der Waals surface area contributed by atoms with E-state index in [9.17, 15) is 4.79 Å². The van der Waals surface area contributed by atoms with E-state index in [-0.39, 0.29) is 5.91 Å². The number of fused-ring (bicyclic) bond motifs is 1. The molecule has 2 aromatic carbocycles. The summed E-state index contributed by atoms with van der Waals surface area (Å²) in [4.78, 5) is 19.4. The first-order chi connectivity index (χ1) is 10.7. The lowest BCUT2D eigenvalue weighted by molar-refractivity contribution is -0.116. The van der Waals surface area contributed by atoms with Gasteiger partial charge in [0, 0.05) is 5.69 Å². The molecule has 0 saturated carbocycles. The van der Waals surface area contributed by atoms with E-state index in [0.717, 1.165) is 28.3 Å². The molecule has 2 N–H and O–H groups in total. The van der Waals surface area contributed by atoms with Crippen LogP contribution in [0.4, 0.5) is 5.69 Å². The van der Waals surface area contributed by atoms with Crippen molar-refractivity contribution in [2.24, 2.45) is 0 Å². The predicted molar refractivity (Wildman–Crippen MR) is 86.0 cm³/mol. The number of aromatic amines is 1. The third-order valence-corrected chi connectivity index (χ3v) is 3.23. The van der Waals surface area contributed by atoms with Gasteiger partial charge in [-0.25, -0.2) is 4.98 Å². The highest BCUT2D eigenvalue weighted by Gasteiger charge is 2.05. The van der Waals surface area contributed by atoms with Crippen LogP contribution in [0.2, 0.25) is 0 Å². The first kappa shape index (κ1) is 14.1. The summed E-state index contributed by atoms with van der Waals surface area (Å²) >= 11 is 0. The van der Waals surface area contributed by atoms with Crippen molar-refractivity contribution in [3.63, 3.8) is 0 Å². The van der Waals surface area contributed by atoms with E-state index in [1.54, 1.807) is 0 Å². The summed E-state index contributed by atoms with van der Waals surface area (Å²) in [7, 11) is 0. The summed E-state index contributed by atoms with van der Waals surface area (Å²) in [6.45, 7) is 2.25. The van der Waals surface area contributed by atoms with E-state index in [0.29, 0.717) is 13.0 Å². The van der Waals surface area contributed by atoms with E-state index in [4.69, 9.17) is 4.74 Å². The number of nitrogens with zero attached hydrogens (tertiary/aromatic N) is 1. The Balaban J connectivity index is 1.54. The fourth-order valence-electron chi connectivity index (χ4n) is 2.22. The molecule has 0 aliphatic rings. The number of carbonyl (C=O) groups is 1. The zero-order chi connectivity index (χ0) is 15.4. The van der Waals surface area contributed by atoms with Crippen molar-refractivity contribution in [1.82, 2.24) is 9.97 Å². The molecule has 5 nitrogen and oxygen atoms in total. The Morgan fingerprint density at radius 1 is 1.23 bits per heavy atom. The van der Waals surface area contributed by atoms with E-state index < -0.39 is 0 Å². The van der Waals surface area contributed by atoms with Crippen LogP contribution in [0, 0.1) is 6.92 Å². The minimum absolute atomic E-state index is 0.0773. The topological polar surface area (TPSA) is 67.0 Å². The van der Waals surface area contributed by atoms with Crippen LogP contribution in [0.3, 0.4) is 0 Å². The van der Waals surface area contributed by atoms with Crippen molar-refractivity contribution in [1.29, 1.82) is 0 Å². The van der Waals surface area contributed by atoms with Crippen molar-refractivity contribution in [3.05, 3.63) is 54.4 Å². The standard InChI is InChI=1S/C17H17N3O2/c1-12-18-15-8-7-13(11-16(15)19-12)20-17(21)9-10-22-14-5-3-2-4-6-14/h2-8,11H,9-10H2,1H3,(H,18,19)(H,20,21). The molecule has 0 bridgehead atoms. The molecular weight excluding hydrogens is 278 g/mol. The lowest BCUT2D eigenvalue weighted by atomic mass is 10.2. The molecule has 0 aliphatic carbocycles. The van der Waals surface area contributed by atoms with Crippen LogP contribution in [-0.4, -0.2) is 22.5 Å². The van der Waals surface area contributed by atoms with Gasteiger partial charge in [0.2, 0.25) is 5.91 Å². The Bertz CT molecular complexity index is 781. The molecule has 0 radical (unpaired) electrons. The summed E-state index contributed by atoms with van der Waals surface area (Å²) in [5.41, 5.74) is 2.56. The van der Waals surface area contributed by atoms with Gasteiger partial charge in [-0.3, -0.25) is 4.79 Å². The average molecular weight is 295 g/mol. The van der Waals surface area contributed by atoms with Crippen LogP contribution < -0.4 is 10.1 Å². The molecule has 1 heterocycles. The van der Waals surface area contributed by atoms with Crippen LogP contribution in [0.25, 0.3) is 11.0 Å². The SMILES string of the molecule is Cc1nc2ccc(NC(=O)CCOc3ccccc3)cc2[nH]1. The molecule has 1 amide bonds. The van der Waals surface area contributed by atoms with Crippen LogP contribution in [0.15, 0.2) is 48.5 Å². The van der Waals surface area contributed by atoms with Gasteiger partial charge in [0.25, 0.3) is 0 Å². The van der Waals surface area contributed by atoms with Gasteiger partial charge in [-0.1, -0.05) is 18.2 Å². The molecule has 0 fully saturated rings. The van der Waals surface area contributed by atoms with Crippen molar-refractivity contribution < 1.29 is 9.53 Å². The van der Waals surface area contributed by atoms with Gasteiger partial charge in [0.1, 0.15) is 11.6 Å². The fourth-order valence-corrected chi connectivity index (χ4v) is 2.22. The molecule has 22 heavy (non-hydrogen) atoms. The first-order valence-corrected chi connectivity index (χ1v) is 7.15. The van der Waals surface area contributed by atoms with Gasteiger partial charge in [-0.2, -0.15) is 0 Å². The summed E-state index contributed by atoms with van der Waals surface area (Å²) in [5, 5.41) is 2.86. The molecule has 0 saturated heterocycles. The minimum atomic E-state index is -0.0773. The Kier molecular flexibility index (Phi) is 4.05. The van der Waals surface area contributed by atoms with E-state index in [2.05, 4.69) is 15.3 Å². The highest BCUT2D eigenvalue weighted by molar-refractivity contribution is 5.93. The first-order valence-electron chi connectivity index (χ1n) is 7.15. The van der Waals surface area contributed by atoms with Crippen molar-refractivity contribution in [3.8, 4) is 5.75 Å². The summed E-state index contributed by atoms with van der Waals surface area (Å²) in [6.07, 6.45) is 0.301. The number of hydrogen-bond acceptors (Lipinski definition) is 3. The second-order valence-corrected chi connectivity index (χ2v) is 5.01. The molecular formula is C17H17N3O2. The third kappa shape index (κ3) is 3.44. The highest BCUT2D eigenvalue weighted by atomic mass is 16.5. The summed E-state index contributed by atoms with van der Waals surface area (Å²) < 4.78 is 5.51. The number of carbonyl (C=O) groups excluding carboxylic acids is 1. The number of para-hydroxylation sites is 1. The lowest BCUT2D eigenvalue weighted by Gasteiger charge is -2.07. The maximum Gasteiger partial charge on any atom is 0.227 e. The smallest absolute Gasteiger partial charge is 0.227 e. The molecule has 0 unspecified atom stereocenters. The largest absolute Gasteiger partial charge is 0.493 e. The number of ether oxygens (including phenoxy) is 1. The maximum absolute atomic E-state index is 11.9. The molecule has 5 heteroatoms. The number of aryl methyl sites for hydroxylation is 1. The number of hydrogen-bond donors (Lipinski definition) is 2. The van der Waals surface area contributed by atoms with Crippen LogP contribution in [0.5, 0.6) is 5.75 Å². The number of aromatic nitrogens is 2. The van der Waals surface area contributed by atoms with Crippen LogP contribution in [-0.2, 0) is 4.79 Å². The molecule has 3 rings (SSSR count). The van der Waals surface area contributed by atoms with Crippen LogP contribution >= 0.6 is 0 Å². The molecule has 0 spiro atoms. The summed E-state index contributed by atoms with van der Waals surface area (Å²) in [5.74, 6) is 1.55. The second-order valence-electron chi connectivity index (χ2n) is 5.01. The van der Waals surface area contributed by atoms with Crippen LogP contribution in [0.1, 0.15) is 12.2 Å². The number of amides is 1. The van der Waals surface area contributed by atoms with Crippen molar-refractivity contribution >= 4 is 22.6 Å². The Morgan fingerprint density at radius 3 is 2.86 bits per heavy atom. The number of nitrogens with one attached hydrogen (secondary N) is 2. The van der Waals surface area contributed by atoms with Gasteiger partial charge < -0.3 is 15.0 Å². The Morgan fingerprint density at radius 2 is 2.05 bits per heavy atom.